The average Bonchev–Trinajstić information content (AvgIpc) is 2.83. The standard InChI is InChI=1S/C25H35FN4O2.HI/c1-3-27-25(28-16-19(2)32-24-7-5-4-6-23(24)26)29-17-20-8-10-22(11-9-20)30-14-12-21(18-31)13-15-30;/h4-11,19,21,31H,3,12-18H2,1-2H3,(H2,27,28,29);1H. The van der Waals surface area contributed by atoms with Crippen LogP contribution in [0.5, 0.6) is 5.75 Å². The SMILES string of the molecule is CCNC(=NCc1ccc(N2CCC(CO)CC2)cc1)NCC(C)Oc1ccccc1F.I. The van der Waals surface area contributed by atoms with Crippen LogP contribution in [0.25, 0.3) is 0 Å². The molecule has 3 rings (SSSR count). The Labute approximate surface area is 213 Å². The molecule has 0 bridgehead atoms. The van der Waals surface area contributed by atoms with Gasteiger partial charge in [-0.2, -0.15) is 0 Å². The van der Waals surface area contributed by atoms with Gasteiger partial charge in [-0.3, -0.25) is 0 Å². The van der Waals surface area contributed by atoms with Crippen LogP contribution in [0.3, 0.4) is 0 Å². The fourth-order valence-electron chi connectivity index (χ4n) is 3.74. The first-order valence-electron chi connectivity index (χ1n) is 11.5. The summed E-state index contributed by atoms with van der Waals surface area (Å²) in [6, 6.07) is 14.9. The van der Waals surface area contributed by atoms with Crippen LogP contribution >= 0.6 is 24.0 Å². The number of para-hydroxylation sites is 1. The van der Waals surface area contributed by atoms with Crippen molar-refractivity contribution in [3.8, 4) is 5.75 Å². The molecule has 0 radical (unpaired) electrons. The van der Waals surface area contributed by atoms with E-state index in [0.29, 0.717) is 31.6 Å². The summed E-state index contributed by atoms with van der Waals surface area (Å²) in [5.41, 5.74) is 2.35. The minimum atomic E-state index is -0.360. The van der Waals surface area contributed by atoms with Gasteiger partial charge in [-0.15, -0.1) is 24.0 Å². The maximum absolute atomic E-state index is 13.8. The molecule has 3 N–H and O–H groups in total. The van der Waals surface area contributed by atoms with Crippen LogP contribution in [0.15, 0.2) is 53.5 Å². The summed E-state index contributed by atoms with van der Waals surface area (Å²) >= 11 is 0. The summed E-state index contributed by atoms with van der Waals surface area (Å²) in [5, 5.41) is 15.8. The zero-order valence-electron chi connectivity index (χ0n) is 19.5. The smallest absolute Gasteiger partial charge is 0.191 e. The molecular weight excluding hydrogens is 534 g/mol. The number of nitrogens with zero attached hydrogens (tertiary/aromatic N) is 2. The first-order valence-corrected chi connectivity index (χ1v) is 11.5. The number of rotatable bonds is 9. The minimum Gasteiger partial charge on any atom is -0.486 e. The number of anilines is 1. The van der Waals surface area contributed by atoms with Crippen molar-refractivity contribution in [2.75, 3.05) is 37.7 Å². The van der Waals surface area contributed by atoms with E-state index < -0.39 is 0 Å². The third-order valence-electron chi connectivity index (χ3n) is 5.66. The number of hydrogen-bond donors (Lipinski definition) is 3. The van der Waals surface area contributed by atoms with Gasteiger partial charge in [-0.25, -0.2) is 9.38 Å². The highest BCUT2D eigenvalue weighted by Crippen LogP contribution is 2.23. The molecule has 182 valence electrons. The van der Waals surface area contributed by atoms with Crippen LogP contribution in [0.1, 0.15) is 32.3 Å². The first kappa shape index (κ1) is 27.2. The van der Waals surface area contributed by atoms with Crippen LogP contribution in [0, 0.1) is 11.7 Å². The molecule has 1 saturated heterocycles. The molecule has 6 nitrogen and oxygen atoms in total. The van der Waals surface area contributed by atoms with Gasteiger partial charge in [0.15, 0.2) is 17.5 Å². The maximum atomic E-state index is 13.8. The zero-order chi connectivity index (χ0) is 22.8. The van der Waals surface area contributed by atoms with Crippen molar-refractivity contribution in [1.29, 1.82) is 0 Å². The highest BCUT2D eigenvalue weighted by molar-refractivity contribution is 14.0. The Morgan fingerprint density at radius 2 is 1.85 bits per heavy atom. The maximum Gasteiger partial charge on any atom is 0.191 e. The van der Waals surface area contributed by atoms with Gasteiger partial charge in [0.1, 0.15) is 6.10 Å². The molecule has 0 aromatic heterocycles. The number of aliphatic hydroxyl groups is 1. The number of guanidine groups is 1. The van der Waals surface area contributed by atoms with Crippen molar-refractivity contribution in [3.05, 3.63) is 59.9 Å². The molecule has 1 aliphatic rings. The third kappa shape index (κ3) is 8.66. The predicted octanol–water partition coefficient (Wildman–Crippen LogP) is 4.18. The Morgan fingerprint density at radius 1 is 1.15 bits per heavy atom. The van der Waals surface area contributed by atoms with E-state index in [0.717, 1.165) is 38.0 Å². The Kier molecular flexibility index (Phi) is 11.7. The van der Waals surface area contributed by atoms with Crippen LogP contribution in [-0.4, -0.2) is 50.0 Å². The number of piperidine rings is 1. The lowest BCUT2D eigenvalue weighted by atomic mass is 9.97. The second-order valence-electron chi connectivity index (χ2n) is 8.21. The summed E-state index contributed by atoms with van der Waals surface area (Å²) in [6.07, 6.45) is 1.86. The van der Waals surface area contributed by atoms with E-state index in [4.69, 9.17) is 4.74 Å². The highest BCUT2D eigenvalue weighted by atomic mass is 127. The number of ether oxygens (including phenoxy) is 1. The van der Waals surface area contributed by atoms with Crippen molar-refractivity contribution in [2.45, 2.75) is 39.3 Å². The van der Waals surface area contributed by atoms with Gasteiger partial charge in [0.25, 0.3) is 0 Å². The highest BCUT2D eigenvalue weighted by Gasteiger charge is 2.18. The molecule has 1 aliphatic heterocycles. The van der Waals surface area contributed by atoms with Gasteiger partial charge >= 0.3 is 0 Å². The Morgan fingerprint density at radius 3 is 2.48 bits per heavy atom. The molecule has 33 heavy (non-hydrogen) atoms. The summed E-state index contributed by atoms with van der Waals surface area (Å²) in [7, 11) is 0. The lowest BCUT2D eigenvalue weighted by Crippen LogP contribution is -2.41. The lowest BCUT2D eigenvalue weighted by molar-refractivity contribution is 0.203. The second-order valence-corrected chi connectivity index (χ2v) is 8.21. The topological polar surface area (TPSA) is 69.1 Å². The quantitative estimate of drug-likeness (QED) is 0.240. The van der Waals surface area contributed by atoms with Crippen LogP contribution in [0.2, 0.25) is 0 Å². The predicted molar refractivity (Wildman–Crippen MR) is 143 cm³/mol. The monoisotopic (exact) mass is 570 g/mol. The summed E-state index contributed by atoms with van der Waals surface area (Å²) in [6.45, 7) is 8.00. The molecule has 0 aliphatic carbocycles. The largest absolute Gasteiger partial charge is 0.486 e. The molecule has 8 heteroatoms. The van der Waals surface area contributed by atoms with E-state index in [9.17, 15) is 9.50 Å². The molecule has 1 unspecified atom stereocenters. The normalized spacial score (nSPS) is 15.5. The van der Waals surface area contributed by atoms with Gasteiger partial charge in [0, 0.05) is 31.9 Å². The Bertz CT molecular complexity index is 858. The van der Waals surface area contributed by atoms with Gasteiger partial charge < -0.3 is 25.4 Å². The van der Waals surface area contributed by atoms with Crippen molar-refractivity contribution < 1.29 is 14.2 Å². The zero-order valence-corrected chi connectivity index (χ0v) is 21.8. The van der Waals surface area contributed by atoms with Gasteiger partial charge in [-0.05, 0) is 62.4 Å². The van der Waals surface area contributed by atoms with Crippen molar-refractivity contribution in [1.82, 2.24) is 10.6 Å². The molecule has 1 heterocycles. The average molecular weight is 570 g/mol. The van der Waals surface area contributed by atoms with E-state index >= 15 is 0 Å². The number of nitrogens with one attached hydrogen (secondary N) is 2. The Hall–Kier alpha value is -2.07. The summed E-state index contributed by atoms with van der Waals surface area (Å²) in [5.74, 6) is 1.04. The van der Waals surface area contributed by atoms with E-state index in [1.807, 2.05) is 13.8 Å². The number of benzene rings is 2. The molecule has 2 aromatic rings. The van der Waals surface area contributed by atoms with Crippen molar-refractivity contribution >= 4 is 35.6 Å². The van der Waals surface area contributed by atoms with E-state index in [2.05, 4.69) is 44.8 Å². The fraction of sp³-hybridized carbons (Fsp3) is 0.480. The molecular formula is C25H36FIN4O2. The minimum absolute atomic E-state index is 0. The van der Waals surface area contributed by atoms with Crippen LogP contribution < -0.4 is 20.3 Å². The first-order chi connectivity index (χ1) is 15.6. The van der Waals surface area contributed by atoms with E-state index in [1.165, 1.54) is 11.8 Å². The van der Waals surface area contributed by atoms with Crippen molar-refractivity contribution in [3.63, 3.8) is 0 Å². The van der Waals surface area contributed by atoms with Gasteiger partial charge in [0.05, 0.1) is 13.1 Å². The second kappa shape index (κ2) is 14.2. The van der Waals surface area contributed by atoms with Crippen molar-refractivity contribution in [2.24, 2.45) is 10.9 Å². The van der Waals surface area contributed by atoms with Gasteiger partial charge in [0.2, 0.25) is 0 Å². The number of aliphatic hydroxyl groups excluding tert-OH is 1. The fourth-order valence-corrected chi connectivity index (χ4v) is 3.74. The van der Waals surface area contributed by atoms with Crippen LogP contribution in [-0.2, 0) is 6.54 Å². The molecule has 1 fully saturated rings. The molecule has 0 spiro atoms. The van der Waals surface area contributed by atoms with Crippen LogP contribution in [0.4, 0.5) is 10.1 Å². The molecule has 0 saturated carbocycles. The van der Waals surface area contributed by atoms with Gasteiger partial charge in [-0.1, -0.05) is 24.3 Å². The lowest BCUT2D eigenvalue weighted by Gasteiger charge is -2.32. The number of aliphatic imine (C=N–C) groups is 1. The Balaban J connectivity index is 0.00000385. The summed E-state index contributed by atoms with van der Waals surface area (Å²) in [4.78, 5) is 7.04. The number of hydrogen-bond acceptors (Lipinski definition) is 4. The number of halogens is 2. The van der Waals surface area contributed by atoms with E-state index in [-0.39, 0.29) is 41.6 Å². The molecule has 2 aromatic carbocycles. The molecule has 0 amide bonds. The van der Waals surface area contributed by atoms with E-state index in [1.54, 1.807) is 18.2 Å². The summed E-state index contributed by atoms with van der Waals surface area (Å²) < 4.78 is 19.4. The molecule has 1 atom stereocenters. The third-order valence-corrected chi connectivity index (χ3v) is 5.66.